The lowest BCUT2D eigenvalue weighted by molar-refractivity contribution is -0.121. The molecule has 0 spiro atoms. The maximum Gasteiger partial charge on any atom is 0.224 e. The first kappa shape index (κ1) is 18.0. The molecule has 0 unspecified atom stereocenters. The molecule has 1 fully saturated rings. The molecule has 1 heterocycles. The summed E-state index contributed by atoms with van der Waals surface area (Å²) in [5.41, 5.74) is 5.16. The average Bonchev–Trinajstić information content (AvgIpc) is 3.47. The van der Waals surface area contributed by atoms with Gasteiger partial charge in [0.1, 0.15) is 0 Å². The molecule has 0 bridgehead atoms. The Labute approximate surface area is 161 Å². The van der Waals surface area contributed by atoms with Crippen LogP contribution in [0.3, 0.4) is 0 Å². The molecule has 1 saturated carbocycles. The van der Waals surface area contributed by atoms with E-state index in [1.165, 1.54) is 18.4 Å². The lowest BCUT2D eigenvalue weighted by atomic mass is 9.92. The normalized spacial score (nSPS) is 17.5. The Kier molecular flexibility index (Phi) is 4.90. The lowest BCUT2D eigenvalue weighted by Crippen LogP contribution is -2.35. The number of hydrogen-bond acceptors (Lipinski definition) is 2. The van der Waals surface area contributed by atoms with Gasteiger partial charge in [-0.05, 0) is 56.6 Å². The number of Topliss-reactive ketones (excluding diaryl/α,β-unsaturated/α-hetero) is 1. The van der Waals surface area contributed by atoms with Gasteiger partial charge in [-0.3, -0.25) is 9.59 Å². The van der Waals surface area contributed by atoms with E-state index in [0.717, 1.165) is 41.9 Å². The van der Waals surface area contributed by atoms with Gasteiger partial charge in [-0.2, -0.15) is 0 Å². The first-order valence-corrected chi connectivity index (χ1v) is 10.1. The maximum atomic E-state index is 12.7. The fourth-order valence-electron chi connectivity index (χ4n) is 4.36. The number of benzene rings is 1. The van der Waals surface area contributed by atoms with Gasteiger partial charge in [-0.15, -0.1) is 0 Å². The molecule has 1 atom stereocenters. The Morgan fingerprint density at radius 3 is 2.67 bits per heavy atom. The molecule has 1 amide bonds. The predicted octanol–water partition coefficient (Wildman–Crippen LogP) is 3.82. The summed E-state index contributed by atoms with van der Waals surface area (Å²) in [6.45, 7) is 4.90. The van der Waals surface area contributed by atoms with Gasteiger partial charge < -0.3 is 9.88 Å². The summed E-state index contributed by atoms with van der Waals surface area (Å²) in [4.78, 5) is 25.3. The molecule has 1 N–H and O–H groups in total. The number of carbonyl (C=O) groups is 2. The monoisotopic (exact) mass is 364 g/mol. The van der Waals surface area contributed by atoms with Crippen molar-refractivity contribution in [2.75, 3.05) is 0 Å². The summed E-state index contributed by atoms with van der Waals surface area (Å²) in [6.07, 6.45) is 5.13. The fraction of sp³-hybridized carbons (Fsp3) is 0.478. The molecule has 0 saturated heterocycles. The number of rotatable bonds is 6. The molecule has 27 heavy (non-hydrogen) atoms. The van der Waals surface area contributed by atoms with Gasteiger partial charge in [0.2, 0.25) is 5.91 Å². The topological polar surface area (TPSA) is 51.1 Å². The van der Waals surface area contributed by atoms with Crippen LogP contribution in [0.15, 0.2) is 30.3 Å². The van der Waals surface area contributed by atoms with Crippen LogP contribution in [-0.2, 0) is 24.2 Å². The van der Waals surface area contributed by atoms with Gasteiger partial charge in [-0.1, -0.05) is 30.3 Å². The molecule has 0 aliphatic heterocycles. The SMILES string of the molecule is Cc1c(CC(=O)N[C@H](C)C2CC2)c2c(n1Cc1ccccc1)CCCC2=O. The summed E-state index contributed by atoms with van der Waals surface area (Å²) in [6, 6.07) is 10.6. The molecule has 4 nitrogen and oxygen atoms in total. The summed E-state index contributed by atoms with van der Waals surface area (Å²) >= 11 is 0. The number of fused-ring (bicyclic) bond motifs is 1. The van der Waals surface area contributed by atoms with E-state index < -0.39 is 0 Å². The van der Waals surface area contributed by atoms with E-state index in [2.05, 4.69) is 35.9 Å². The van der Waals surface area contributed by atoms with E-state index in [-0.39, 0.29) is 17.7 Å². The number of ketones is 1. The molecule has 0 radical (unpaired) electrons. The Balaban J connectivity index is 1.64. The molecule has 1 aromatic heterocycles. The maximum absolute atomic E-state index is 12.7. The summed E-state index contributed by atoms with van der Waals surface area (Å²) in [5, 5.41) is 3.14. The van der Waals surface area contributed by atoms with E-state index in [1.807, 2.05) is 18.2 Å². The summed E-state index contributed by atoms with van der Waals surface area (Å²) < 4.78 is 2.26. The molecular formula is C23H28N2O2. The van der Waals surface area contributed by atoms with Gasteiger partial charge in [0.15, 0.2) is 5.78 Å². The van der Waals surface area contributed by atoms with Crippen LogP contribution in [-0.4, -0.2) is 22.3 Å². The fourth-order valence-corrected chi connectivity index (χ4v) is 4.36. The number of carbonyl (C=O) groups excluding carboxylic acids is 2. The standard InChI is InChI=1S/C23H28N2O2/c1-15(18-11-12-18)24-22(27)13-19-16(2)25(14-17-7-4-3-5-8-17)20-9-6-10-21(26)23(19)20/h3-5,7-8,15,18H,6,9-14H2,1-2H3,(H,24,27)/t15-/m1/s1. The minimum absolute atomic E-state index is 0.0375. The van der Waals surface area contributed by atoms with Crippen molar-refractivity contribution in [3.05, 3.63) is 58.4 Å². The molecule has 2 aromatic rings. The predicted molar refractivity (Wildman–Crippen MR) is 106 cm³/mol. The van der Waals surface area contributed by atoms with Crippen molar-refractivity contribution in [3.8, 4) is 0 Å². The highest BCUT2D eigenvalue weighted by atomic mass is 16.1. The quantitative estimate of drug-likeness (QED) is 0.847. The Morgan fingerprint density at radius 1 is 1.22 bits per heavy atom. The first-order valence-electron chi connectivity index (χ1n) is 10.1. The van der Waals surface area contributed by atoms with Crippen molar-refractivity contribution in [2.45, 2.75) is 65.0 Å². The van der Waals surface area contributed by atoms with Gasteiger partial charge in [0, 0.05) is 36.0 Å². The van der Waals surface area contributed by atoms with E-state index >= 15 is 0 Å². The van der Waals surface area contributed by atoms with E-state index in [9.17, 15) is 9.59 Å². The van der Waals surface area contributed by atoms with Crippen LogP contribution in [0, 0.1) is 12.8 Å². The molecule has 2 aliphatic rings. The Morgan fingerprint density at radius 2 is 1.96 bits per heavy atom. The zero-order chi connectivity index (χ0) is 19.0. The zero-order valence-electron chi connectivity index (χ0n) is 16.3. The number of aromatic nitrogens is 1. The number of amides is 1. The van der Waals surface area contributed by atoms with Crippen LogP contribution in [0.4, 0.5) is 0 Å². The second-order valence-corrected chi connectivity index (χ2v) is 8.10. The highest BCUT2D eigenvalue weighted by Crippen LogP contribution is 2.33. The van der Waals surface area contributed by atoms with E-state index in [1.54, 1.807) is 0 Å². The Bertz CT molecular complexity index is 862. The smallest absolute Gasteiger partial charge is 0.224 e. The van der Waals surface area contributed by atoms with Crippen LogP contribution in [0.25, 0.3) is 0 Å². The van der Waals surface area contributed by atoms with Crippen molar-refractivity contribution in [1.29, 1.82) is 0 Å². The lowest BCUT2D eigenvalue weighted by Gasteiger charge is -2.16. The number of nitrogens with zero attached hydrogens (tertiary/aromatic N) is 1. The number of hydrogen-bond donors (Lipinski definition) is 1. The van der Waals surface area contributed by atoms with E-state index in [0.29, 0.717) is 18.8 Å². The molecule has 4 heteroatoms. The molecular weight excluding hydrogens is 336 g/mol. The molecule has 142 valence electrons. The second-order valence-electron chi connectivity index (χ2n) is 8.10. The van der Waals surface area contributed by atoms with Gasteiger partial charge >= 0.3 is 0 Å². The summed E-state index contributed by atoms with van der Waals surface area (Å²) in [7, 11) is 0. The van der Waals surface area contributed by atoms with Gasteiger partial charge in [-0.25, -0.2) is 0 Å². The van der Waals surface area contributed by atoms with Crippen LogP contribution in [0.2, 0.25) is 0 Å². The number of nitrogens with one attached hydrogen (secondary N) is 1. The largest absolute Gasteiger partial charge is 0.353 e. The third kappa shape index (κ3) is 3.71. The second kappa shape index (κ2) is 7.34. The van der Waals surface area contributed by atoms with Crippen LogP contribution >= 0.6 is 0 Å². The van der Waals surface area contributed by atoms with Crippen molar-refractivity contribution < 1.29 is 9.59 Å². The van der Waals surface area contributed by atoms with Gasteiger partial charge in [0.25, 0.3) is 0 Å². The van der Waals surface area contributed by atoms with Crippen molar-refractivity contribution in [2.24, 2.45) is 5.92 Å². The third-order valence-corrected chi connectivity index (χ3v) is 6.09. The molecule has 2 aliphatic carbocycles. The minimum atomic E-state index is 0.0375. The minimum Gasteiger partial charge on any atom is -0.353 e. The molecule has 1 aromatic carbocycles. The highest BCUT2D eigenvalue weighted by Gasteiger charge is 2.31. The van der Waals surface area contributed by atoms with Crippen LogP contribution < -0.4 is 5.32 Å². The highest BCUT2D eigenvalue weighted by molar-refractivity contribution is 6.01. The van der Waals surface area contributed by atoms with Crippen molar-refractivity contribution >= 4 is 11.7 Å². The van der Waals surface area contributed by atoms with Crippen LogP contribution in [0.5, 0.6) is 0 Å². The van der Waals surface area contributed by atoms with Crippen LogP contribution in [0.1, 0.15) is 65.5 Å². The van der Waals surface area contributed by atoms with Crippen molar-refractivity contribution in [1.82, 2.24) is 9.88 Å². The van der Waals surface area contributed by atoms with Gasteiger partial charge in [0.05, 0.1) is 6.42 Å². The van der Waals surface area contributed by atoms with E-state index in [4.69, 9.17) is 0 Å². The zero-order valence-corrected chi connectivity index (χ0v) is 16.3. The average molecular weight is 364 g/mol. The van der Waals surface area contributed by atoms with Crippen molar-refractivity contribution in [3.63, 3.8) is 0 Å². The first-order chi connectivity index (χ1) is 13.0. The summed E-state index contributed by atoms with van der Waals surface area (Å²) in [5.74, 6) is 0.869. The molecule has 4 rings (SSSR count). The Hall–Kier alpha value is -2.36. The third-order valence-electron chi connectivity index (χ3n) is 6.09.